The minimum atomic E-state index is -0.725. The Morgan fingerprint density at radius 2 is 1.74 bits per heavy atom. The number of carbonyl (C=O) groups excluding carboxylic acids is 1. The summed E-state index contributed by atoms with van der Waals surface area (Å²) >= 11 is 0. The van der Waals surface area contributed by atoms with Crippen molar-refractivity contribution in [3.05, 3.63) is 0 Å². The maximum atomic E-state index is 12.1. The maximum Gasteiger partial charge on any atom is 0.307 e. The van der Waals surface area contributed by atoms with E-state index in [0.717, 1.165) is 6.42 Å². The molecule has 3 unspecified atom stereocenters. The first-order valence-corrected chi connectivity index (χ1v) is 7.01. The van der Waals surface area contributed by atoms with Crippen molar-refractivity contribution in [2.75, 3.05) is 0 Å². The second-order valence-electron chi connectivity index (χ2n) is 7.41. The predicted octanol–water partition coefficient (Wildman–Crippen LogP) is 2.67. The van der Waals surface area contributed by atoms with Crippen molar-refractivity contribution >= 4 is 11.9 Å². The third kappa shape index (κ3) is 3.28. The maximum absolute atomic E-state index is 12.1. The average Bonchev–Trinajstić information content (AvgIpc) is 2.22. The topological polar surface area (TPSA) is 66.4 Å². The number of carbonyl (C=O) groups is 2. The Balaban J connectivity index is 2.81. The number of hydrogen-bond acceptors (Lipinski definition) is 2. The summed E-state index contributed by atoms with van der Waals surface area (Å²) in [4.78, 5) is 23.4. The van der Waals surface area contributed by atoms with E-state index in [0.29, 0.717) is 6.42 Å². The van der Waals surface area contributed by atoms with Crippen LogP contribution in [0.1, 0.15) is 54.4 Å². The normalized spacial score (nSPS) is 30.7. The van der Waals surface area contributed by atoms with Crippen molar-refractivity contribution in [1.82, 2.24) is 5.32 Å². The van der Waals surface area contributed by atoms with Gasteiger partial charge >= 0.3 is 5.97 Å². The van der Waals surface area contributed by atoms with Gasteiger partial charge in [0.15, 0.2) is 0 Å². The first-order valence-electron chi connectivity index (χ1n) is 7.01. The SMILES string of the molecule is CC1C(NC(=O)C(C)(C)C)CCC(C(=O)O)C1(C)C. The van der Waals surface area contributed by atoms with Crippen LogP contribution in [0.3, 0.4) is 0 Å². The zero-order valence-corrected chi connectivity index (χ0v) is 12.9. The summed E-state index contributed by atoms with van der Waals surface area (Å²) in [5.41, 5.74) is -0.715. The number of carboxylic acid groups (broad SMARTS) is 1. The molecule has 1 rings (SSSR count). The van der Waals surface area contributed by atoms with E-state index in [1.807, 2.05) is 41.5 Å². The Labute approximate surface area is 116 Å². The summed E-state index contributed by atoms with van der Waals surface area (Å²) in [6, 6.07) is 0.0670. The van der Waals surface area contributed by atoms with Crippen LogP contribution in [-0.4, -0.2) is 23.0 Å². The van der Waals surface area contributed by atoms with Crippen LogP contribution < -0.4 is 5.32 Å². The molecule has 0 radical (unpaired) electrons. The standard InChI is InChI=1S/C15H27NO3/c1-9-11(16-13(19)14(2,3)4)8-7-10(12(17)18)15(9,5)6/h9-11H,7-8H2,1-6H3,(H,16,19)(H,17,18). The van der Waals surface area contributed by atoms with E-state index >= 15 is 0 Å². The van der Waals surface area contributed by atoms with Crippen molar-refractivity contribution in [2.24, 2.45) is 22.7 Å². The van der Waals surface area contributed by atoms with Crippen LogP contribution in [0.4, 0.5) is 0 Å². The molecule has 0 spiro atoms. The highest BCUT2D eigenvalue weighted by molar-refractivity contribution is 5.81. The summed E-state index contributed by atoms with van der Waals surface area (Å²) in [6.07, 6.45) is 1.37. The molecule has 110 valence electrons. The highest BCUT2D eigenvalue weighted by Gasteiger charge is 2.46. The Bertz CT molecular complexity index is 368. The van der Waals surface area contributed by atoms with E-state index in [4.69, 9.17) is 0 Å². The summed E-state index contributed by atoms with van der Waals surface area (Å²) in [5.74, 6) is -0.870. The van der Waals surface area contributed by atoms with Crippen molar-refractivity contribution in [3.8, 4) is 0 Å². The fraction of sp³-hybridized carbons (Fsp3) is 0.867. The lowest BCUT2D eigenvalue weighted by Crippen LogP contribution is -2.54. The zero-order valence-electron chi connectivity index (χ0n) is 12.9. The third-order valence-corrected chi connectivity index (χ3v) is 4.74. The molecule has 3 atom stereocenters. The molecule has 0 aromatic rings. The lowest BCUT2D eigenvalue weighted by atomic mass is 9.61. The van der Waals surface area contributed by atoms with Gasteiger partial charge in [-0.3, -0.25) is 9.59 Å². The van der Waals surface area contributed by atoms with Crippen molar-refractivity contribution in [2.45, 2.75) is 60.4 Å². The molecule has 1 saturated carbocycles. The number of aliphatic carboxylic acids is 1. The molecule has 1 fully saturated rings. The van der Waals surface area contributed by atoms with E-state index in [-0.39, 0.29) is 29.2 Å². The molecule has 1 aliphatic carbocycles. The fourth-order valence-electron chi connectivity index (χ4n) is 2.83. The molecule has 0 aromatic carbocycles. The van der Waals surface area contributed by atoms with Crippen molar-refractivity contribution < 1.29 is 14.7 Å². The molecule has 0 aromatic heterocycles. The largest absolute Gasteiger partial charge is 0.481 e. The second kappa shape index (κ2) is 5.14. The minimum absolute atomic E-state index is 0.0360. The lowest BCUT2D eigenvalue weighted by Gasteiger charge is -2.46. The van der Waals surface area contributed by atoms with Gasteiger partial charge in [-0.05, 0) is 24.2 Å². The third-order valence-electron chi connectivity index (χ3n) is 4.74. The van der Waals surface area contributed by atoms with Gasteiger partial charge < -0.3 is 10.4 Å². The van der Waals surface area contributed by atoms with Gasteiger partial charge in [0.25, 0.3) is 0 Å². The summed E-state index contributed by atoms with van der Waals surface area (Å²) in [7, 11) is 0. The number of amides is 1. The van der Waals surface area contributed by atoms with Gasteiger partial charge in [0.1, 0.15) is 0 Å². The molecule has 4 heteroatoms. The number of hydrogen-bond donors (Lipinski definition) is 2. The molecule has 4 nitrogen and oxygen atoms in total. The quantitative estimate of drug-likeness (QED) is 0.810. The summed E-state index contributed by atoms with van der Waals surface area (Å²) < 4.78 is 0. The van der Waals surface area contributed by atoms with Gasteiger partial charge in [0, 0.05) is 11.5 Å². The first kappa shape index (κ1) is 16.0. The van der Waals surface area contributed by atoms with E-state index in [1.165, 1.54) is 0 Å². The number of rotatable bonds is 2. The molecule has 1 aliphatic rings. The number of nitrogens with one attached hydrogen (secondary N) is 1. The van der Waals surface area contributed by atoms with Gasteiger partial charge in [-0.1, -0.05) is 41.5 Å². The second-order valence-corrected chi connectivity index (χ2v) is 7.41. The van der Waals surface area contributed by atoms with Crippen LogP contribution in [0.2, 0.25) is 0 Å². The van der Waals surface area contributed by atoms with Crippen LogP contribution in [-0.2, 0) is 9.59 Å². The molecule has 0 saturated heterocycles. The molecular formula is C15H27NO3. The van der Waals surface area contributed by atoms with Crippen LogP contribution >= 0.6 is 0 Å². The van der Waals surface area contributed by atoms with E-state index in [9.17, 15) is 14.7 Å². The molecule has 19 heavy (non-hydrogen) atoms. The highest BCUT2D eigenvalue weighted by Crippen LogP contribution is 2.45. The Morgan fingerprint density at radius 1 is 1.21 bits per heavy atom. The fourth-order valence-corrected chi connectivity index (χ4v) is 2.83. The van der Waals surface area contributed by atoms with Crippen molar-refractivity contribution in [3.63, 3.8) is 0 Å². The molecule has 0 aliphatic heterocycles. The lowest BCUT2D eigenvalue weighted by molar-refractivity contribution is -0.150. The molecular weight excluding hydrogens is 242 g/mol. The smallest absolute Gasteiger partial charge is 0.307 e. The van der Waals surface area contributed by atoms with Crippen LogP contribution in [0.5, 0.6) is 0 Å². The van der Waals surface area contributed by atoms with E-state index < -0.39 is 11.4 Å². The average molecular weight is 269 g/mol. The van der Waals surface area contributed by atoms with Gasteiger partial charge in [0.2, 0.25) is 5.91 Å². The molecule has 0 heterocycles. The highest BCUT2D eigenvalue weighted by atomic mass is 16.4. The minimum Gasteiger partial charge on any atom is -0.481 e. The van der Waals surface area contributed by atoms with Crippen molar-refractivity contribution in [1.29, 1.82) is 0 Å². The molecule has 2 N–H and O–H groups in total. The van der Waals surface area contributed by atoms with Crippen LogP contribution in [0.25, 0.3) is 0 Å². The number of carboxylic acids is 1. The Kier molecular flexibility index (Phi) is 4.33. The van der Waals surface area contributed by atoms with Crippen LogP contribution in [0, 0.1) is 22.7 Å². The predicted molar refractivity (Wildman–Crippen MR) is 74.7 cm³/mol. The Hall–Kier alpha value is -1.06. The first-order chi connectivity index (χ1) is 8.48. The monoisotopic (exact) mass is 269 g/mol. The Morgan fingerprint density at radius 3 is 2.16 bits per heavy atom. The van der Waals surface area contributed by atoms with Gasteiger partial charge in [0.05, 0.1) is 5.92 Å². The van der Waals surface area contributed by atoms with Gasteiger partial charge in [-0.15, -0.1) is 0 Å². The summed E-state index contributed by atoms with van der Waals surface area (Å²) in [6.45, 7) is 11.7. The summed E-state index contributed by atoms with van der Waals surface area (Å²) in [5, 5.41) is 12.4. The zero-order chi connectivity index (χ0) is 15.0. The van der Waals surface area contributed by atoms with Gasteiger partial charge in [-0.2, -0.15) is 0 Å². The molecule has 1 amide bonds. The molecule has 0 bridgehead atoms. The van der Waals surface area contributed by atoms with E-state index in [2.05, 4.69) is 5.32 Å². The van der Waals surface area contributed by atoms with E-state index in [1.54, 1.807) is 0 Å². The van der Waals surface area contributed by atoms with Gasteiger partial charge in [-0.25, -0.2) is 0 Å². The van der Waals surface area contributed by atoms with Crippen LogP contribution in [0.15, 0.2) is 0 Å².